The summed E-state index contributed by atoms with van der Waals surface area (Å²) in [4.78, 5) is 11.3. The molecule has 0 radical (unpaired) electrons. The van der Waals surface area contributed by atoms with E-state index in [1.54, 1.807) is 13.8 Å². The third-order valence-corrected chi connectivity index (χ3v) is 1.49. The van der Waals surface area contributed by atoms with Crippen molar-refractivity contribution < 1.29 is 9.47 Å². The lowest BCUT2D eigenvalue weighted by Gasteiger charge is -2.18. The Balaban J connectivity index is 2.96. The molecule has 0 saturated heterocycles. The molecule has 0 amide bonds. The molecule has 80 valence electrons. The summed E-state index contributed by atoms with van der Waals surface area (Å²) in [5.74, 6) is 2.46. The summed E-state index contributed by atoms with van der Waals surface area (Å²) in [6.45, 7) is 3.42. The molecule has 1 heterocycles. The van der Waals surface area contributed by atoms with E-state index in [-0.39, 0.29) is 18.0 Å². The topological polar surface area (TPSA) is 83.2 Å². The van der Waals surface area contributed by atoms with Gasteiger partial charge in [-0.1, -0.05) is 5.92 Å². The molecule has 6 nitrogen and oxygen atoms in total. The Labute approximate surface area is 87.8 Å². The molecule has 1 aromatic rings. The van der Waals surface area contributed by atoms with Crippen LogP contribution in [-0.2, 0) is 0 Å². The maximum Gasteiger partial charge on any atom is 0.325 e. The zero-order valence-corrected chi connectivity index (χ0v) is 8.81. The van der Waals surface area contributed by atoms with Crippen LogP contribution in [0.5, 0.6) is 12.0 Å². The Morgan fingerprint density at radius 2 is 1.87 bits per heavy atom. The van der Waals surface area contributed by atoms with E-state index in [1.807, 2.05) is 0 Å². The normalized spacial score (nSPS) is 10.5. The highest BCUT2D eigenvalue weighted by Gasteiger charge is 2.18. The van der Waals surface area contributed by atoms with Crippen molar-refractivity contribution in [2.24, 2.45) is 0 Å². The lowest BCUT2D eigenvalue weighted by atomic mass is 10.2. The fourth-order valence-electron chi connectivity index (χ4n) is 0.747. The Kier molecular flexibility index (Phi) is 2.95. The van der Waals surface area contributed by atoms with Gasteiger partial charge in [-0.25, -0.2) is 0 Å². The third kappa shape index (κ3) is 2.98. The van der Waals surface area contributed by atoms with Gasteiger partial charge in [-0.15, -0.1) is 11.4 Å². The average molecular weight is 208 g/mol. The molecule has 0 aliphatic heterocycles. The zero-order valence-electron chi connectivity index (χ0n) is 8.81. The van der Waals surface area contributed by atoms with Crippen molar-refractivity contribution in [3.8, 4) is 24.4 Å². The molecule has 2 N–H and O–H groups in total. The number of nitrogens with zero attached hydrogens (tertiary/aromatic N) is 3. The smallest absolute Gasteiger partial charge is 0.325 e. The highest BCUT2D eigenvalue weighted by atomic mass is 16.5. The predicted molar refractivity (Wildman–Crippen MR) is 54.3 cm³/mol. The van der Waals surface area contributed by atoms with Gasteiger partial charge in [-0.2, -0.15) is 9.97 Å². The predicted octanol–water partition coefficient (Wildman–Crippen LogP) is 0.253. The number of rotatable bonds is 3. The fraction of sp³-hybridized carbons (Fsp3) is 0.444. The summed E-state index contributed by atoms with van der Waals surface area (Å²) < 4.78 is 10.1. The molecule has 0 fully saturated rings. The molecule has 0 spiro atoms. The molecule has 15 heavy (non-hydrogen) atoms. The fourth-order valence-corrected chi connectivity index (χ4v) is 0.747. The molecule has 0 atom stereocenters. The summed E-state index contributed by atoms with van der Waals surface area (Å²) in [5.41, 5.74) is 4.61. The minimum atomic E-state index is -0.807. The second-order valence-electron chi connectivity index (χ2n) is 3.22. The van der Waals surface area contributed by atoms with Gasteiger partial charge < -0.3 is 15.2 Å². The van der Waals surface area contributed by atoms with Gasteiger partial charge in [-0.3, -0.25) is 0 Å². The first-order valence-electron chi connectivity index (χ1n) is 4.19. The van der Waals surface area contributed by atoms with E-state index in [0.29, 0.717) is 0 Å². The van der Waals surface area contributed by atoms with Gasteiger partial charge in [0, 0.05) is 0 Å². The number of hydrogen-bond acceptors (Lipinski definition) is 6. The summed E-state index contributed by atoms with van der Waals surface area (Å²) in [6, 6.07) is 0.132. The number of nitrogens with two attached hydrogens (primary N) is 1. The Morgan fingerprint density at radius 3 is 2.40 bits per heavy atom. The lowest BCUT2D eigenvalue weighted by Crippen LogP contribution is -2.26. The van der Waals surface area contributed by atoms with Crippen LogP contribution in [0.25, 0.3) is 0 Å². The third-order valence-electron chi connectivity index (χ3n) is 1.49. The van der Waals surface area contributed by atoms with Crippen LogP contribution in [0.2, 0.25) is 0 Å². The Bertz CT molecular complexity index is 398. The van der Waals surface area contributed by atoms with E-state index in [2.05, 4.69) is 20.9 Å². The van der Waals surface area contributed by atoms with E-state index in [9.17, 15) is 0 Å². The SMILES string of the molecule is C#CC(C)(C)Oc1nc(N)nc(OC)n1. The Hall–Kier alpha value is -2.03. The van der Waals surface area contributed by atoms with Gasteiger partial charge >= 0.3 is 12.0 Å². The summed E-state index contributed by atoms with van der Waals surface area (Å²) in [5, 5.41) is 0. The first-order chi connectivity index (χ1) is 6.96. The molecule has 0 unspecified atom stereocenters. The molecular formula is C9H12N4O2. The van der Waals surface area contributed by atoms with Crippen molar-refractivity contribution in [2.45, 2.75) is 19.4 Å². The van der Waals surface area contributed by atoms with Crippen molar-refractivity contribution in [3.63, 3.8) is 0 Å². The molecule has 0 aliphatic carbocycles. The van der Waals surface area contributed by atoms with E-state index >= 15 is 0 Å². The average Bonchev–Trinajstić information content (AvgIpc) is 2.16. The molecule has 1 aromatic heterocycles. The summed E-state index contributed by atoms with van der Waals surface area (Å²) in [6.07, 6.45) is 5.25. The first kappa shape index (κ1) is 11.0. The van der Waals surface area contributed by atoms with Crippen LogP contribution in [0.3, 0.4) is 0 Å². The van der Waals surface area contributed by atoms with Gasteiger partial charge in [0.25, 0.3) is 0 Å². The van der Waals surface area contributed by atoms with Crippen LogP contribution in [0.1, 0.15) is 13.8 Å². The minimum Gasteiger partial charge on any atom is -0.467 e. The number of hydrogen-bond donors (Lipinski definition) is 1. The zero-order chi connectivity index (χ0) is 11.5. The van der Waals surface area contributed by atoms with Crippen LogP contribution in [0.15, 0.2) is 0 Å². The highest BCUT2D eigenvalue weighted by molar-refractivity contribution is 5.21. The van der Waals surface area contributed by atoms with E-state index in [4.69, 9.17) is 21.6 Å². The van der Waals surface area contributed by atoms with Gasteiger partial charge in [0.2, 0.25) is 5.95 Å². The van der Waals surface area contributed by atoms with Crippen LogP contribution in [0.4, 0.5) is 5.95 Å². The van der Waals surface area contributed by atoms with E-state index in [1.165, 1.54) is 7.11 Å². The molecular weight excluding hydrogens is 196 g/mol. The van der Waals surface area contributed by atoms with Gasteiger partial charge in [-0.05, 0) is 13.8 Å². The Morgan fingerprint density at radius 1 is 1.27 bits per heavy atom. The van der Waals surface area contributed by atoms with Gasteiger partial charge in [0.1, 0.15) is 0 Å². The number of nitrogen functional groups attached to an aromatic ring is 1. The van der Waals surface area contributed by atoms with Crippen LogP contribution >= 0.6 is 0 Å². The summed E-state index contributed by atoms with van der Waals surface area (Å²) in [7, 11) is 1.42. The van der Waals surface area contributed by atoms with Crippen LogP contribution < -0.4 is 15.2 Å². The van der Waals surface area contributed by atoms with Crippen molar-refractivity contribution >= 4 is 5.95 Å². The van der Waals surface area contributed by atoms with Gasteiger partial charge in [0.15, 0.2) is 5.60 Å². The molecule has 6 heteroatoms. The number of terminal acetylenes is 1. The van der Waals surface area contributed by atoms with Crippen LogP contribution in [-0.4, -0.2) is 27.7 Å². The second-order valence-corrected chi connectivity index (χ2v) is 3.22. The number of methoxy groups -OCH3 is 1. The molecule has 0 aromatic carbocycles. The van der Waals surface area contributed by atoms with Gasteiger partial charge in [0.05, 0.1) is 7.11 Å². The summed E-state index contributed by atoms with van der Waals surface area (Å²) >= 11 is 0. The quantitative estimate of drug-likeness (QED) is 0.717. The second kappa shape index (κ2) is 4.00. The maximum atomic E-state index is 5.42. The lowest BCUT2D eigenvalue weighted by molar-refractivity contribution is 0.154. The van der Waals surface area contributed by atoms with Crippen molar-refractivity contribution in [1.82, 2.24) is 15.0 Å². The largest absolute Gasteiger partial charge is 0.467 e. The molecule has 1 rings (SSSR count). The first-order valence-corrected chi connectivity index (χ1v) is 4.19. The number of ether oxygens (including phenoxy) is 2. The van der Waals surface area contributed by atoms with Crippen molar-refractivity contribution in [3.05, 3.63) is 0 Å². The van der Waals surface area contributed by atoms with Crippen molar-refractivity contribution in [1.29, 1.82) is 0 Å². The monoisotopic (exact) mass is 208 g/mol. The molecule has 0 saturated carbocycles. The van der Waals surface area contributed by atoms with Crippen LogP contribution in [0, 0.1) is 12.3 Å². The highest BCUT2D eigenvalue weighted by Crippen LogP contribution is 2.15. The maximum absolute atomic E-state index is 5.42. The van der Waals surface area contributed by atoms with E-state index < -0.39 is 5.60 Å². The number of aromatic nitrogens is 3. The van der Waals surface area contributed by atoms with E-state index in [0.717, 1.165) is 0 Å². The number of anilines is 1. The standard InChI is InChI=1S/C9H12N4O2/c1-5-9(2,3)15-8-12-6(10)11-7(13-8)14-4/h1H,2-4H3,(H2,10,11,12,13). The molecule has 0 bridgehead atoms. The minimum absolute atomic E-state index is 0.0182. The van der Waals surface area contributed by atoms with Crippen molar-refractivity contribution in [2.75, 3.05) is 12.8 Å². The molecule has 0 aliphatic rings.